The minimum Gasteiger partial charge on any atom is -0.329 e. The molecule has 1 aromatic heterocycles. The monoisotopic (exact) mass is 295 g/mol. The van der Waals surface area contributed by atoms with Crippen LogP contribution >= 0.6 is 22.9 Å². The maximum absolute atomic E-state index is 6.19. The summed E-state index contributed by atoms with van der Waals surface area (Å²) in [5, 5.41) is 2.85. The predicted octanol–water partition coefficient (Wildman–Crippen LogP) is 3.24. The molecule has 1 unspecified atom stereocenters. The highest BCUT2D eigenvalue weighted by atomic mass is 35.5. The fraction of sp³-hybridized carbons (Fsp3) is 0.357. The fourth-order valence-corrected chi connectivity index (χ4v) is 2.81. The molecule has 1 heterocycles. The summed E-state index contributed by atoms with van der Waals surface area (Å²) in [6.45, 7) is 3.35. The number of rotatable bonds is 5. The summed E-state index contributed by atoms with van der Waals surface area (Å²) in [6.07, 6.45) is 0. The fourth-order valence-electron chi connectivity index (χ4n) is 2.07. The molecular formula is C14H18ClN3S. The Bertz CT molecular complexity index is 527. The van der Waals surface area contributed by atoms with Gasteiger partial charge in [-0.25, -0.2) is 4.98 Å². The highest BCUT2D eigenvalue weighted by Crippen LogP contribution is 2.25. The van der Waals surface area contributed by atoms with Crippen LogP contribution in [0.2, 0.25) is 5.02 Å². The van der Waals surface area contributed by atoms with Gasteiger partial charge >= 0.3 is 0 Å². The highest BCUT2D eigenvalue weighted by Gasteiger charge is 2.17. The molecular weight excluding hydrogens is 278 g/mol. The number of hydrogen-bond donors (Lipinski definition) is 1. The molecule has 0 fully saturated rings. The summed E-state index contributed by atoms with van der Waals surface area (Å²) in [5.74, 6) is 0. The lowest BCUT2D eigenvalue weighted by Crippen LogP contribution is -2.30. The first kappa shape index (κ1) is 14.5. The number of thiazole rings is 1. The molecule has 19 heavy (non-hydrogen) atoms. The van der Waals surface area contributed by atoms with Crippen molar-refractivity contribution in [2.45, 2.75) is 19.5 Å². The Hall–Kier alpha value is -0.940. The Kier molecular flexibility index (Phi) is 4.93. The zero-order valence-corrected chi connectivity index (χ0v) is 12.7. The Morgan fingerprint density at radius 3 is 2.84 bits per heavy atom. The summed E-state index contributed by atoms with van der Waals surface area (Å²) >= 11 is 7.80. The number of hydrogen-bond acceptors (Lipinski definition) is 4. The van der Waals surface area contributed by atoms with Gasteiger partial charge < -0.3 is 5.73 Å². The second-order valence-electron chi connectivity index (χ2n) is 4.66. The first-order valence-electron chi connectivity index (χ1n) is 6.15. The van der Waals surface area contributed by atoms with Gasteiger partial charge in [0, 0.05) is 29.5 Å². The third-order valence-corrected chi connectivity index (χ3v) is 4.27. The van der Waals surface area contributed by atoms with Crippen molar-refractivity contribution in [1.82, 2.24) is 9.88 Å². The molecule has 3 nitrogen and oxygen atoms in total. The van der Waals surface area contributed by atoms with Gasteiger partial charge in [0.1, 0.15) is 0 Å². The number of aryl methyl sites for hydroxylation is 1. The highest BCUT2D eigenvalue weighted by molar-refractivity contribution is 7.07. The molecule has 0 radical (unpaired) electrons. The number of aromatic nitrogens is 1. The van der Waals surface area contributed by atoms with Crippen molar-refractivity contribution in [3.8, 4) is 0 Å². The summed E-state index contributed by atoms with van der Waals surface area (Å²) in [4.78, 5) is 6.51. The largest absolute Gasteiger partial charge is 0.329 e. The van der Waals surface area contributed by atoms with Crippen LogP contribution in [0.3, 0.4) is 0 Å². The lowest BCUT2D eigenvalue weighted by atomic mass is 10.0. The first-order chi connectivity index (χ1) is 9.11. The number of nitrogens with zero attached hydrogens (tertiary/aromatic N) is 2. The Morgan fingerprint density at radius 2 is 2.26 bits per heavy atom. The summed E-state index contributed by atoms with van der Waals surface area (Å²) in [6, 6.07) is 6.29. The van der Waals surface area contributed by atoms with E-state index in [4.69, 9.17) is 17.3 Å². The minimum atomic E-state index is 0.153. The van der Waals surface area contributed by atoms with Gasteiger partial charge in [0.15, 0.2) is 0 Å². The predicted molar refractivity (Wildman–Crippen MR) is 81.6 cm³/mol. The molecule has 1 aromatic carbocycles. The Balaban J connectivity index is 2.16. The molecule has 2 aromatic rings. The van der Waals surface area contributed by atoms with Crippen molar-refractivity contribution in [2.75, 3.05) is 13.6 Å². The van der Waals surface area contributed by atoms with Crippen LogP contribution in [0.4, 0.5) is 0 Å². The molecule has 1 atom stereocenters. The molecule has 0 aliphatic carbocycles. The van der Waals surface area contributed by atoms with E-state index in [-0.39, 0.29) is 6.04 Å². The van der Waals surface area contributed by atoms with Crippen molar-refractivity contribution in [3.63, 3.8) is 0 Å². The van der Waals surface area contributed by atoms with Gasteiger partial charge in [-0.3, -0.25) is 4.90 Å². The average molecular weight is 296 g/mol. The topological polar surface area (TPSA) is 42.1 Å². The zero-order valence-electron chi connectivity index (χ0n) is 11.1. The lowest BCUT2D eigenvalue weighted by molar-refractivity contribution is 0.239. The maximum Gasteiger partial charge on any atom is 0.0795 e. The van der Waals surface area contributed by atoms with Crippen molar-refractivity contribution in [2.24, 2.45) is 5.73 Å². The van der Waals surface area contributed by atoms with E-state index >= 15 is 0 Å². The van der Waals surface area contributed by atoms with E-state index in [9.17, 15) is 0 Å². The first-order valence-corrected chi connectivity index (χ1v) is 7.47. The average Bonchev–Trinajstić information content (AvgIpc) is 2.87. The second kappa shape index (κ2) is 6.48. The molecule has 0 amide bonds. The normalized spacial score (nSPS) is 12.9. The van der Waals surface area contributed by atoms with Gasteiger partial charge in [-0.1, -0.05) is 23.7 Å². The second-order valence-corrected chi connectivity index (χ2v) is 5.78. The van der Waals surface area contributed by atoms with Crippen molar-refractivity contribution < 1.29 is 0 Å². The number of likely N-dealkylation sites (N-methyl/N-ethyl adjacent to an activating group) is 1. The van der Waals surface area contributed by atoms with Crippen LogP contribution in [0.1, 0.15) is 22.9 Å². The van der Waals surface area contributed by atoms with Gasteiger partial charge in [-0.05, 0) is 31.2 Å². The third-order valence-electron chi connectivity index (χ3n) is 3.23. The molecule has 0 bridgehead atoms. The summed E-state index contributed by atoms with van der Waals surface area (Å²) < 4.78 is 0. The van der Waals surface area contributed by atoms with E-state index in [1.165, 1.54) is 0 Å². The number of nitrogens with two attached hydrogens (primary N) is 1. The molecule has 0 spiro atoms. The van der Waals surface area contributed by atoms with E-state index in [0.29, 0.717) is 6.54 Å². The lowest BCUT2D eigenvalue weighted by Gasteiger charge is -2.27. The van der Waals surface area contributed by atoms with Crippen LogP contribution in [0.25, 0.3) is 0 Å². The van der Waals surface area contributed by atoms with Gasteiger partial charge in [-0.2, -0.15) is 0 Å². The zero-order chi connectivity index (χ0) is 13.8. The quantitative estimate of drug-likeness (QED) is 0.921. The van der Waals surface area contributed by atoms with Crippen LogP contribution in [0.15, 0.2) is 29.1 Å². The van der Waals surface area contributed by atoms with Crippen LogP contribution in [0.5, 0.6) is 0 Å². The molecule has 5 heteroatoms. The summed E-state index contributed by atoms with van der Waals surface area (Å²) in [5.41, 5.74) is 11.1. The number of benzene rings is 1. The van der Waals surface area contributed by atoms with Crippen LogP contribution in [0, 0.1) is 6.92 Å². The maximum atomic E-state index is 6.19. The summed E-state index contributed by atoms with van der Waals surface area (Å²) in [7, 11) is 2.06. The van der Waals surface area contributed by atoms with Gasteiger partial charge in [0.25, 0.3) is 0 Å². The molecule has 2 rings (SSSR count). The molecule has 0 aliphatic rings. The van der Waals surface area contributed by atoms with E-state index < -0.39 is 0 Å². The van der Waals surface area contributed by atoms with E-state index in [0.717, 1.165) is 28.4 Å². The number of halogens is 1. The van der Waals surface area contributed by atoms with Gasteiger partial charge in [0.2, 0.25) is 0 Å². The molecule has 2 N–H and O–H groups in total. The van der Waals surface area contributed by atoms with Crippen molar-refractivity contribution in [3.05, 3.63) is 50.9 Å². The van der Waals surface area contributed by atoms with Crippen LogP contribution in [-0.2, 0) is 6.54 Å². The van der Waals surface area contributed by atoms with E-state index in [1.807, 2.05) is 24.6 Å². The van der Waals surface area contributed by atoms with Crippen molar-refractivity contribution in [1.29, 1.82) is 0 Å². The molecule has 0 saturated carbocycles. The molecule has 102 valence electrons. The Labute approximate surface area is 123 Å². The standard InChI is InChI=1S/C14H18ClN3S/c1-10-3-4-11(5-13(10)15)14(6-16)18(2)7-12-8-19-9-17-12/h3-5,8-9,14H,6-7,16H2,1-2H3. The third kappa shape index (κ3) is 3.54. The van der Waals surface area contributed by atoms with Crippen LogP contribution in [-0.4, -0.2) is 23.5 Å². The molecule has 0 aliphatic heterocycles. The Morgan fingerprint density at radius 1 is 1.47 bits per heavy atom. The SMILES string of the molecule is Cc1ccc(C(CN)N(C)Cc2cscn2)cc1Cl. The molecule has 0 saturated heterocycles. The van der Waals surface area contributed by atoms with Gasteiger partial charge in [-0.15, -0.1) is 11.3 Å². The van der Waals surface area contributed by atoms with E-state index in [1.54, 1.807) is 11.3 Å². The van der Waals surface area contributed by atoms with E-state index in [2.05, 4.69) is 28.4 Å². The smallest absolute Gasteiger partial charge is 0.0795 e. The van der Waals surface area contributed by atoms with Crippen LogP contribution < -0.4 is 5.73 Å². The van der Waals surface area contributed by atoms with Crippen molar-refractivity contribution >= 4 is 22.9 Å². The minimum absolute atomic E-state index is 0.153. The van der Waals surface area contributed by atoms with Gasteiger partial charge in [0.05, 0.1) is 11.2 Å².